The molecule has 0 aromatic carbocycles. The van der Waals surface area contributed by atoms with E-state index in [-0.39, 0.29) is 23.6 Å². The van der Waals surface area contributed by atoms with Gasteiger partial charge in [0.2, 0.25) is 0 Å². The second-order valence-corrected chi connectivity index (χ2v) is 27.9. The second kappa shape index (κ2) is 27.8. The van der Waals surface area contributed by atoms with E-state index >= 15 is 9.59 Å². The molecule has 4 aliphatic heterocycles. The number of nitrogens with one attached hydrogen (secondary N) is 2. The Morgan fingerprint density at radius 3 is 1.11 bits per heavy atom. The Hall–Kier alpha value is -3.40. The lowest BCUT2D eigenvalue weighted by molar-refractivity contribution is -0.124. The first-order valence-corrected chi connectivity index (χ1v) is 32.9. The number of rotatable bonds is 33. The number of carbonyl (C=O) groups excluding carboxylic acids is 4. The van der Waals surface area contributed by atoms with Crippen molar-refractivity contribution < 1.29 is 19.2 Å². The molecule has 8 heterocycles. The Morgan fingerprint density at radius 1 is 0.392 bits per heavy atom. The third-order valence-electron chi connectivity index (χ3n) is 15.2. The lowest BCUT2D eigenvalue weighted by Crippen LogP contribution is -2.34. The summed E-state index contributed by atoms with van der Waals surface area (Å²) in [6.45, 7) is 10.2. The van der Waals surface area contributed by atoms with E-state index in [1.54, 1.807) is 22.7 Å². The number of nitrogens with zero attached hydrogens (tertiary/aromatic N) is 2. The summed E-state index contributed by atoms with van der Waals surface area (Å²) in [5.41, 5.74) is 4.49. The van der Waals surface area contributed by atoms with Crippen molar-refractivity contribution >= 4 is 124 Å². The van der Waals surface area contributed by atoms with Gasteiger partial charge >= 0.3 is 0 Å². The minimum atomic E-state index is -0.292. The van der Waals surface area contributed by atoms with Crippen LogP contribution in [0.2, 0.25) is 0 Å². The summed E-state index contributed by atoms with van der Waals surface area (Å²) < 4.78 is 1.89. The zero-order chi connectivity index (χ0) is 52.1. The molecule has 74 heavy (non-hydrogen) atoms. The number of unbranched alkanes of at least 4 members (excludes halogenated alkanes) is 16. The van der Waals surface area contributed by atoms with Gasteiger partial charge < -0.3 is 20.4 Å². The third-order valence-corrected chi connectivity index (χ3v) is 20.8. The lowest BCUT2D eigenvalue weighted by atomic mass is 9.93. The minimum absolute atomic E-state index is 0.0472. The number of hydrogen-bond donors (Lipinski definition) is 2. The van der Waals surface area contributed by atoms with Crippen LogP contribution in [0.25, 0.3) is 32.5 Å². The summed E-state index contributed by atoms with van der Waals surface area (Å²) in [7, 11) is 0. The highest BCUT2D eigenvalue weighted by molar-refractivity contribution is 9.11. The van der Waals surface area contributed by atoms with Gasteiger partial charge in [0.05, 0.1) is 72.2 Å². The molecule has 0 spiro atoms. The van der Waals surface area contributed by atoms with Crippen molar-refractivity contribution in [1.82, 2.24) is 20.4 Å². The summed E-state index contributed by atoms with van der Waals surface area (Å²) in [5, 5.41) is 6.01. The Bertz CT molecular complexity index is 2750. The van der Waals surface area contributed by atoms with Gasteiger partial charge in [-0.15, -0.1) is 45.3 Å². The molecule has 398 valence electrons. The van der Waals surface area contributed by atoms with Crippen LogP contribution in [0.4, 0.5) is 0 Å². The first kappa shape index (κ1) is 56.8. The van der Waals surface area contributed by atoms with E-state index in [1.807, 2.05) is 34.1 Å². The monoisotopic (exact) mass is 1200 g/mol. The third kappa shape index (κ3) is 13.5. The van der Waals surface area contributed by atoms with Crippen LogP contribution in [0.1, 0.15) is 201 Å². The van der Waals surface area contributed by atoms with Crippen LogP contribution in [0.5, 0.6) is 0 Å². The number of carbonyl (C=O) groups is 4. The van der Waals surface area contributed by atoms with Gasteiger partial charge in [-0.05, 0) is 118 Å². The molecule has 0 saturated carbocycles. The fourth-order valence-electron chi connectivity index (χ4n) is 11.2. The van der Waals surface area contributed by atoms with Gasteiger partial charge in [0.1, 0.15) is 0 Å². The van der Waals surface area contributed by atoms with Crippen LogP contribution in [-0.2, 0) is 19.2 Å². The lowest BCUT2D eigenvalue weighted by Gasteiger charge is -2.29. The molecule has 4 aliphatic rings. The van der Waals surface area contributed by atoms with Gasteiger partial charge in [0, 0.05) is 22.8 Å². The molecular weight excluding hydrogens is 1130 g/mol. The number of halogens is 2. The molecule has 4 aromatic heterocycles. The topological polar surface area (TPSA) is 98.8 Å². The van der Waals surface area contributed by atoms with E-state index in [0.717, 1.165) is 99.6 Å². The van der Waals surface area contributed by atoms with Crippen molar-refractivity contribution in [2.75, 3.05) is 13.1 Å². The van der Waals surface area contributed by atoms with E-state index in [2.05, 4.69) is 94.5 Å². The molecule has 4 aromatic rings. The van der Waals surface area contributed by atoms with Gasteiger partial charge in [-0.3, -0.25) is 19.2 Å². The number of hydrogen-bond acceptors (Lipinski definition) is 8. The fourth-order valence-corrected chi connectivity index (χ4v) is 16.2. The van der Waals surface area contributed by atoms with Crippen molar-refractivity contribution in [1.29, 1.82) is 0 Å². The maximum Gasteiger partial charge on any atom is 0.261 e. The summed E-state index contributed by atoms with van der Waals surface area (Å²) in [6.07, 6.45) is 28.6. The summed E-state index contributed by atoms with van der Waals surface area (Å²) in [4.78, 5) is 68.0. The van der Waals surface area contributed by atoms with Crippen molar-refractivity contribution in [3.8, 4) is 9.75 Å². The molecule has 0 aliphatic carbocycles. The molecule has 0 radical (unpaired) electrons. The SMILES string of the molecule is CCCCCCCCC(CCCCCC)CN1C(=O)C2=C(c3ccc(-c4ccc(C5=C6C(=O)NC(c7ccc(Br)s7)=C6C(=O)N5)s4)s3)N(CC(CCCCCC)CCCCCCCC)C(=O)C2=C1c1ccc(Br)s1. The first-order chi connectivity index (χ1) is 36.1. The molecule has 0 fully saturated rings. The molecule has 2 N–H and O–H groups in total. The molecule has 2 atom stereocenters. The van der Waals surface area contributed by atoms with Crippen LogP contribution < -0.4 is 10.6 Å². The summed E-state index contributed by atoms with van der Waals surface area (Å²) in [6, 6.07) is 16.2. The highest BCUT2D eigenvalue weighted by atomic mass is 79.9. The van der Waals surface area contributed by atoms with Crippen molar-refractivity contribution in [2.24, 2.45) is 11.8 Å². The maximum atomic E-state index is 15.7. The number of fused-ring (bicyclic) bond motifs is 2. The van der Waals surface area contributed by atoms with Crippen molar-refractivity contribution in [3.05, 3.63) is 97.9 Å². The van der Waals surface area contributed by atoms with E-state index in [0.29, 0.717) is 58.6 Å². The quantitative estimate of drug-likeness (QED) is 0.0464. The fraction of sp³-hybridized carbons (Fsp3) is 0.533. The number of thiophene rings is 4. The highest BCUT2D eigenvalue weighted by Crippen LogP contribution is 2.51. The van der Waals surface area contributed by atoms with Crippen molar-refractivity contribution in [3.63, 3.8) is 0 Å². The minimum Gasteiger partial charge on any atom is -0.320 e. The predicted molar refractivity (Wildman–Crippen MR) is 320 cm³/mol. The van der Waals surface area contributed by atoms with E-state index < -0.39 is 0 Å². The van der Waals surface area contributed by atoms with E-state index in [1.165, 1.54) is 125 Å². The summed E-state index contributed by atoms with van der Waals surface area (Å²) in [5.74, 6) is -0.0217. The van der Waals surface area contributed by atoms with Gasteiger partial charge in [-0.25, -0.2) is 0 Å². The molecule has 2 unspecified atom stereocenters. The standard InChI is InChI=1S/C60H76Br2N4O4S4/c1-5-9-13-17-19-23-27-39(25-21-15-11-7-3)37-65-55(45-32-30-42(72-45)41-29-31-43(71-41)53-49-50(58(68)63-53)54(64-57(49)67)44-33-35-47(61)73-44)51-52(60(65)70)56(46-34-36-48(62)74-46)66(59(51)69)38-40(26-22-16-12-8-4)28-24-20-18-14-10-6-2/h29-36,39-40H,5-28,37-38H2,1-4H3,(H,63,68)(H,64,67). The average Bonchev–Trinajstić information content (AvgIpc) is 4.28. The molecule has 8 nitrogen and oxygen atoms in total. The molecule has 0 saturated heterocycles. The number of amides is 4. The summed E-state index contributed by atoms with van der Waals surface area (Å²) >= 11 is 13.5. The van der Waals surface area contributed by atoms with Crippen molar-refractivity contribution in [2.45, 2.75) is 182 Å². The zero-order valence-electron chi connectivity index (χ0n) is 44.1. The molecular formula is C60H76Br2N4O4S4. The van der Waals surface area contributed by atoms with Gasteiger partial charge in [0.25, 0.3) is 23.6 Å². The molecule has 0 bridgehead atoms. The van der Waals surface area contributed by atoms with Crippen LogP contribution in [0.3, 0.4) is 0 Å². The van der Waals surface area contributed by atoms with Crippen LogP contribution in [-0.4, -0.2) is 46.5 Å². The molecule has 14 heteroatoms. The predicted octanol–water partition coefficient (Wildman–Crippen LogP) is 18.0. The highest BCUT2D eigenvalue weighted by Gasteiger charge is 2.50. The maximum absolute atomic E-state index is 15.7. The Kier molecular flexibility index (Phi) is 21.3. The zero-order valence-corrected chi connectivity index (χ0v) is 50.5. The van der Waals surface area contributed by atoms with E-state index in [9.17, 15) is 9.59 Å². The largest absolute Gasteiger partial charge is 0.320 e. The smallest absolute Gasteiger partial charge is 0.261 e. The first-order valence-electron chi connectivity index (χ1n) is 28.0. The molecule has 8 rings (SSSR count). The molecule has 4 amide bonds. The normalized spacial score (nSPS) is 16.5. The van der Waals surface area contributed by atoms with Crippen LogP contribution >= 0.6 is 77.2 Å². The average molecular weight is 1210 g/mol. The van der Waals surface area contributed by atoms with Gasteiger partial charge in [-0.1, -0.05) is 156 Å². The van der Waals surface area contributed by atoms with E-state index in [4.69, 9.17) is 0 Å². The Labute approximate surface area is 473 Å². The van der Waals surface area contributed by atoms with Crippen LogP contribution in [0, 0.1) is 11.8 Å². The van der Waals surface area contributed by atoms with Gasteiger partial charge in [-0.2, -0.15) is 0 Å². The van der Waals surface area contributed by atoms with Gasteiger partial charge in [0.15, 0.2) is 0 Å². The Balaban J connectivity index is 1.16. The van der Waals surface area contributed by atoms with Crippen LogP contribution in [0.15, 0.2) is 78.4 Å². The Morgan fingerprint density at radius 2 is 0.703 bits per heavy atom. The second-order valence-electron chi connectivity index (χ2n) is 20.8.